The van der Waals surface area contributed by atoms with Crippen LogP contribution in [0.5, 0.6) is 57.5 Å². The number of ether oxygens (including phenoxy) is 10. The summed E-state index contributed by atoms with van der Waals surface area (Å²) in [5.41, 5.74) is 15.0. The SMILES string of the molecule is O.O.O=C(Nc1ccc2[nH]cc(-c3ccccc3)c2c1)C1(c2ccc3c(c2)OCO3)CC1.O=C(Nc1ccc2[nH]cc(Br)c2c1)C1(c2ccc3c(c2)OCO3)CC1.O=C(Nc1ccc2[nH]cc(Br)c2c1)C1(c2ccc3c(c2)OCO3)CC1.O=C(Nc1ccc2[nH]ccc2c1)C1(c2ccc3c(c2)OCO3)CC1.O=C(Nc1ccc2[nH]ccc2c1)C1(c2ccc3c(c2)OCO3)CC1.[B]=NS.[B]=NS.[B]c1ccccc1. The number of hydrogen-bond acceptors (Lipinski definition) is 19. The van der Waals surface area contributed by atoms with Crippen molar-refractivity contribution >= 4 is 199 Å². The third-order valence-electron chi connectivity index (χ3n) is 26.8. The van der Waals surface area contributed by atoms with Gasteiger partial charge in [-0.25, -0.2) is 0 Å². The molecule has 5 aromatic heterocycles. The molecule has 5 saturated carbocycles. The van der Waals surface area contributed by atoms with Crippen molar-refractivity contribution in [1.82, 2.24) is 24.9 Å². The topological polar surface area (TPSA) is 404 Å². The Morgan fingerprint density at radius 3 is 0.825 bits per heavy atom. The quantitative estimate of drug-likeness (QED) is 0.0316. The third-order valence-corrected chi connectivity index (χ3v) is 28.1. The van der Waals surface area contributed by atoms with Gasteiger partial charge >= 0.3 is 49.5 Å². The number of aromatic nitrogens is 5. The minimum absolute atomic E-state index is 0. The molecule has 0 atom stereocenters. The number of halogens is 2. The van der Waals surface area contributed by atoms with Crippen molar-refractivity contribution in [2.75, 3.05) is 60.5 Å². The molecular formula is C107H93B3Br2N12O17S2. The van der Waals surface area contributed by atoms with Gasteiger partial charge in [0.05, 0.1) is 27.1 Å². The maximum absolute atomic E-state index is 13.2. The number of benzene rings is 12. The first kappa shape index (κ1) is 98.3. The molecule has 5 fully saturated rings. The number of nitrogens with one attached hydrogen (secondary N) is 10. The van der Waals surface area contributed by atoms with Crippen molar-refractivity contribution in [3.05, 3.63) is 323 Å². The van der Waals surface area contributed by atoms with Gasteiger partial charge in [-0.15, -0.1) is 0 Å². The number of H-pyrrole nitrogens is 5. The van der Waals surface area contributed by atoms with Crippen molar-refractivity contribution in [2.45, 2.75) is 91.3 Å². The zero-order valence-electron chi connectivity index (χ0n) is 76.6. The molecule has 4 radical (unpaired) electrons. The number of carbonyl (C=O) groups excluding carboxylic acids is 5. The second-order valence-electron chi connectivity index (χ2n) is 35.3. The fourth-order valence-electron chi connectivity index (χ4n) is 18.2. The molecule has 10 aliphatic rings. The van der Waals surface area contributed by atoms with Gasteiger partial charge in [0.25, 0.3) is 0 Å². The third kappa shape index (κ3) is 20.8. The Balaban J connectivity index is 0.000000114. The molecule has 5 aliphatic heterocycles. The molecule has 718 valence electrons. The van der Waals surface area contributed by atoms with Crippen LogP contribution in [0.25, 0.3) is 65.6 Å². The summed E-state index contributed by atoms with van der Waals surface area (Å²) in [6, 6.07) is 82.2. The van der Waals surface area contributed by atoms with Crippen LogP contribution in [0.1, 0.15) is 92.0 Å². The summed E-state index contributed by atoms with van der Waals surface area (Å²) in [7, 11) is 14.0. The van der Waals surface area contributed by atoms with Crippen LogP contribution in [0.2, 0.25) is 0 Å². The number of carbonyl (C=O) groups is 5. The zero-order valence-corrected chi connectivity index (χ0v) is 81.6. The molecule has 36 heteroatoms. The maximum Gasteiger partial charge on any atom is 0.113 e. The van der Waals surface area contributed by atoms with E-state index in [-0.39, 0.29) is 74.5 Å². The average molecular weight is 2080 g/mol. The van der Waals surface area contributed by atoms with Gasteiger partial charge in [-0.2, -0.15) is 0 Å². The molecule has 0 bridgehead atoms. The number of fused-ring (bicyclic) bond motifs is 10. The molecule has 12 aromatic carbocycles. The van der Waals surface area contributed by atoms with Crippen LogP contribution in [0.4, 0.5) is 28.4 Å². The first-order chi connectivity index (χ1) is 68.7. The van der Waals surface area contributed by atoms with E-state index in [1.165, 1.54) is 0 Å². The predicted molar refractivity (Wildman–Crippen MR) is 566 cm³/mol. The number of thiol groups is 2. The Kier molecular flexibility index (Phi) is 28.9. The fraction of sp³-hybridized carbons (Fsp3) is 0.187. The molecular weight excluding hydrogens is 1980 g/mol. The Bertz CT molecular complexity index is 7350. The van der Waals surface area contributed by atoms with Crippen LogP contribution in [-0.2, 0) is 51.0 Å². The van der Waals surface area contributed by atoms with Crippen LogP contribution < -0.4 is 79.4 Å². The van der Waals surface area contributed by atoms with E-state index in [9.17, 15) is 24.0 Å². The van der Waals surface area contributed by atoms with Crippen LogP contribution in [0.15, 0.2) is 303 Å². The molecule has 5 aliphatic carbocycles. The van der Waals surface area contributed by atoms with Gasteiger partial charge in [-0.05, 0) is 293 Å². The van der Waals surface area contributed by atoms with Gasteiger partial charge in [-0.3, -0.25) is 24.0 Å². The number of rotatable bonds is 16. The van der Waals surface area contributed by atoms with E-state index in [0.717, 1.165) is 241 Å². The molecule has 27 rings (SSSR count). The van der Waals surface area contributed by atoms with Gasteiger partial charge in [0.2, 0.25) is 63.5 Å². The average Bonchev–Trinajstić information content (AvgIpc) is 1.61. The Morgan fingerprint density at radius 2 is 0.545 bits per heavy atom. The van der Waals surface area contributed by atoms with Crippen LogP contribution in [0.3, 0.4) is 0 Å². The van der Waals surface area contributed by atoms with Crippen molar-refractivity contribution in [3.63, 3.8) is 0 Å². The van der Waals surface area contributed by atoms with E-state index in [2.05, 4.69) is 145 Å². The summed E-state index contributed by atoms with van der Waals surface area (Å²) in [4.78, 5) is 80.9. The molecule has 5 amide bonds. The Morgan fingerprint density at radius 1 is 0.294 bits per heavy atom. The van der Waals surface area contributed by atoms with Gasteiger partial charge in [0.15, 0.2) is 57.5 Å². The van der Waals surface area contributed by atoms with E-state index in [0.29, 0.717) is 17.2 Å². The van der Waals surface area contributed by atoms with E-state index in [1.54, 1.807) is 0 Å². The van der Waals surface area contributed by atoms with Crippen LogP contribution >= 0.6 is 57.5 Å². The van der Waals surface area contributed by atoms with Crippen molar-refractivity contribution in [2.24, 2.45) is 8.60 Å². The zero-order chi connectivity index (χ0) is 97.0. The summed E-state index contributed by atoms with van der Waals surface area (Å²) in [6.45, 7) is 1.20. The molecule has 143 heavy (non-hydrogen) atoms. The largest absolute Gasteiger partial charge is 0.113 e. The normalized spacial score (nSPS) is 15.5. The minimum atomic E-state index is -0.490. The van der Waals surface area contributed by atoms with Gasteiger partial charge < -0.3 is 110 Å². The number of aromatic amines is 5. The van der Waals surface area contributed by atoms with E-state index in [1.807, 2.05) is 274 Å². The summed E-state index contributed by atoms with van der Waals surface area (Å²) in [5.74, 6) is 7.45. The van der Waals surface area contributed by atoms with Gasteiger partial charge in [0.1, 0.15) is 7.85 Å². The van der Waals surface area contributed by atoms with Crippen molar-refractivity contribution < 1.29 is 82.3 Å². The Hall–Kier alpha value is -14.9. The first-order valence-electron chi connectivity index (χ1n) is 45.6. The second-order valence-corrected chi connectivity index (χ2v) is 37.5. The summed E-state index contributed by atoms with van der Waals surface area (Å²) in [6.07, 6.45) is 18.0. The van der Waals surface area contributed by atoms with Crippen molar-refractivity contribution in [3.8, 4) is 68.6 Å². The molecule has 17 aromatic rings. The number of amides is 5. The molecule has 10 heterocycles. The number of nitrogens with zero attached hydrogens (tertiary/aromatic N) is 2. The van der Waals surface area contributed by atoms with Crippen molar-refractivity contribution in [1.29, 1.82) is 0 Å². The number of hydrogen-bond donors (Lipinski definition) is 12. The molecule has 0 spiro atoms. The minimum Gasteiger partial charge on any atom is -0.0967 e. The fourth-order valence-corrected chi connectivity index (χ4v) is 19.1. The number of anilines is 5. The maximum atomic E-state index is 13.2. The van der Waals surface area contributed by atoms with Crippen LogP contribution in [-0.4, -0.2) is 122 Å². The molecule has 29 nitrogen and oxygen atoms in total. The Labute approximate surface area is 851 Å². The molecule has 14 N–H and O–H groups in total. The molecule has 0 unspecified atom stereocenters. The second kappa shape index (κ2) is 42.1. The first-order valence-corrected chi connectivity index (χ1v) is 48.0. The monoisotopic (exact) mass is 2070 g/mol. The van der Waals surface area contributed by atoms with E-state index < -0.39 is 27.1 Å². The standard InChI is InChI=1S/C25H20N2O3.2C19H15BrN2O3.2C19H16N2O3.C6H5B.2BHNS.2H2O/c28-24(25(10-11-25)17-6-9-22-23(12-17)30-15-29-22)27-18-7-8-21-19(13-18)20(14-26-21)16-4-2-1-3-5-16;2*20-14-9-21-15-3-2-12(8-13(14)15)22-18(23)19(5-6-19)11-1-4-16-17(7-11)25-10-24-16;2*22-18(21-14-2-3-15-12(9-14)5-8-20-15)19(6-7-19)13-1-4-16-17(10-13)24-11-23-16;7-6-4-2-1-3-5-6;2*1-2-3;;/h1-9,12-14,26H,10-11,15H2,(H,27,28);2*1-4,7-9,21H,5-6,10H2,(H,22,23);2*1-5,8-10,20H,6-7,11H2,(H,21,22);1-5H;2*3H;2*1H2. The summed E-state index contributed by atoms with van der Waals surface area (Å²) >= 11 is 13.4. The van der Waals surface area contributed by atoms with E-state index in [4.69, 9.17) is 55.2 Å². The van der Waals surface area contributed by atoms with Gasteiger partial charge in [0, 0.05) is 128 Å². The van der Waals surface area contributed by atoms with E-state index >= 15 is 0 Å². The molecule has 0 saturated heterocycles. The van der Waals surface area contributed by atoms with Crippen LogP contribution in [0, 0.1) is 0 Å². The van der Waals surface area contributed by atoms with Gasteiger partial charge in [-0.1, -0.05) is 96.5 Å². The predicted octanol–water partition coefficient (Wildman–Crippen LogP) is 20.2. The smallest absolute Gasteiger partial charge is 0.0967 e. The summed E-state index contributed by atoms with van der Waals surface area (Å²) < 4.78 is 61.4. The summed E-state index contributed by atoms with van der Waals surface area (Å²) in [5, 5.41) is 20.8.